The van der Waals surface area contributed by atoms with E-state index in [2.05, 4.69) is 15.4 Å². The van der Waals surface area contributed by atoms with E-state index >= 15 is 0 Å². The highest BCUT2D eigenvalue weighted by Crippen LogP contribution is 2.34. The molecule has 3 rings (SSSR count). The predicted octanol–water partition coefficient (Wildman–Crippen LogP) is 3.39. The summed E-state index contributed by atoms with van der Waals surface area (Å²) in [5.74, 6) is -0.833. The largest absolute Gasteiger partial charge is 0.478 e. The SMILES string of the molecule is CCCn1nc(Nc2cnccc2C(=O)O)c2c1C(F)=CCC2. The molecule has 0 unspecified atom stereocenters. The number of aromatic nitrogens is 3. The maximum Gasteiger partial charge on any atom is 0.337 e. The summed E-state index contributed by atoms with van der Waals surface area (Å²) in [6.07, 6.45) is 6.51. The number of carbonyl (C=O) groups is 1. The van der Waals surface area contributed by atoms with Gasteiger partial charge in [-0.2, -0.15) is 5.10 Å². The first-order chi connectivity index (χ1) is 11.1. The van der Waals surface area contributed by atoms with Crippen LogP contribution in [0.15, 0.2) is 24.5 Å². The summed E-state index contributed by atoms with van der Waals surface area (Å²) < 4.78 is 15.8. The van der Waals surface area contributed by atoms with Crippen LogP contribution in [0, 0.1) is 0 Å². The molecular formula is C16H17FN4O2. The molecule has 0 bridgehead atoms. The molecule has 1 aliphatic rings. The lowest BCUT2D eigenvalue weighted by Crippen LogP contribution is -2.05. The highest BCUT2D eigenvalue weighted by atomic mass is 19.1. The Bertz CT molecular complexity index is 782. The number of hydrogen-bond acceptors (Lipinski definition) is 4. The van der Waals surface area contributed by atoms with Gasteiger partial charge in [0, 0.05) is 18.3 Å². The number of aryl methyl sites for hydroxylation is 1. The summed E-state index contributed by atoms with van der Waals surface area (Å²) in [5.41, 5.74) is 1.71. The highest BCUT2D eigenvalue weighted by molar-refractivity contribution is 5.94. The first-order valence-electron chi connectivity index (χ1n) is 7.51. The molecule has 2 N–H and O–H groups in total. The fourth-order valence-corrected chi connectivity index (χ4v) is 2.73. The van der Waals surface area contributed by atoms with Crippen molar-refractivity contribution in [1.29, 1.82) is 0 Å². The molecule has 0 fully saturated rings. The molecule has 2 aromatic heterocycles. The number of nitrogens with zero attached hydrogens (tertiary/aromatic N) is 3. The number of nitrogens with one attached hydrogen (secondary N) is 1. The molecule has 23 heavy (non-hydrogen) atoms. The number of rotatable bonds is 5. The lowest BCUT2D eigenvalue weighted by atomic mass is 10.0. The van der Waals surface area contributed by atoms with Crippen molar-refractivity contribution in [3.8, 4) is 0 Å². The zero-order chi connectivity index (χ0) is 16.4. The monoisotopic (exact) mass is 316 g/mol. The molecule has 0 saturated heterocycles. The van der Waals surface area contributed by atoms with E-state index < -0.39 is 5.97 Å². The second-order valence-electron chi connectivity index (χ2n) is 5.34. The van der Waals surface area contributed by atoms with Gasteiger partial charge < -0.3 is 10.4 Å². The summed E-state index contributed by atoms with van der Waals surface area (Å²) in [7, 11) is 0. The van der Waals surface area contributed by atoms with Crippen molar-refractivity contribution >= 4 is 23.3 Å². The van der Waals surface area contributed by atoms with Gasteiger partial charge in [0.1, 0.15) is 11.5 Å². The van der Waals surface area contributed by atoms with E-state index in [1.54, 1.807) is 10.8 Å². The first-order valence-corrected chi connectivity index (χ1v) is 7.51. The van der Waals surface area contributed by atoms with Gasteiger partial charge in [-0.25, -0.2) is 9.18 Å². The Kier molecular flexibility index (Phi) is 4.10. The van der Waals surface area contributed by atoms with Crippen LogP contribution in [0.2, 0.25) is 0 Å². The second-order valence-corrected chi connectivity index (χ2v) is 5.34. The topological polar surface area (TPSA) is 80.0 Å². The highest BCUT2D eigenvalue weighted by Gasteiger charge is 2.24. The third-order valence-electron chi connectivity index (χ3n) is 3.73. The number of fused-ring (bicyclic) bond motifs is 1. The number of halogens is 1. The van der Waals surface area contributed by atoms with Gasteiger partial charge in [0.05, 0.1) is 17.4 Å². The fourth-order valence-electron chi connectivity index (χ4n) is 2.73. The third-order valence-corrected chi connectivity index (χ3v) is 3.73. The van der Waals surface area contributed by atoms with Gasteiger partial charge in [-0.15, -0.1) is 0 Å². The number of carboxylic acid groups (broad SMARTS) is 1. The molecule has 7 heteroatoms. The van der Waals surface area contributed by atoms with Gasteiger partial charge in [0.25, 0.3) is 0 Å². The molecular weight excluding hydrogens is 299 g/mol. The van der Waals surface area contributed by atoms with Gasteiger partial charge >= 0.3 is 5.97 Å². The van der Waals surface area contributed by atoms with Crippen LogP contribution in [0.5, 0.6) is 0 Å². The van der Waals surface area contributed by atoms with E-state index in [9.17, 15) is 14.3 Å². The van der Waals surface area contributed by atoms with Crippen molar-refractivity contribution in [1.82, 2.24) is 14.8 Å². The van der Waals surface area contributed by atoms with Gasteiger partial charge in [-0.1, -0.05) is 6.92 Å². The van der Waals surface area contributed by atoms with Crippen molar-refractivity contribution in [3.63, 3.8) is 0 Å². The summed E-state index contributed by atoms with van der Waals surface area (Å²) in [6, 6.07) is 1.42. The van der Waals surface area contributed by atoms with Crippen LogP contribution in [0.1, 0.15) is 41.4 Å². The van der Waals surface area contributed by atoms with Crippen LogP contribution in [-0.4, -0.2) is 25.8 Å². The zero-order valence-corrected chi connectivity index (χ0v) is 12.7. The van der Waals surface area contributed by atoms with Crippen molar-refractivity contribution in [3.05, 3.63) is 41.4 Å². The molecule has 0 aromatic carbocycles. The Balaban J connectivity index is 2.03. The smallest absolute Gasteiger partial charge is 0.337 e. The van der Waals surface area contributed by atoms with E-state index in [4.69, 9.17) is 0 Å². The van der Waals surface area contributed by atoms with E-state index in [0.29, 0.717) is 36.6 Å². The predicted molar refractivity (Wildman–Crippen MR) is 84.4 cm³/mol. The first kappa shape index (κ1) is 15.2. The molecule has 2 heterocycles. The van der Waals surface area contributed by atoms with Crippen molar-refractivity contribution in [2.75, 3.05) is 5.32 Å². The third kappa shape index (κ3) is 2.81. The molecule has 0 aliphatic heterocycles. The minimum Gasteiger partial charge on any atom is -0.478 e. The summed E-state index contributed by atoms with van der Waals surface area (Å²) in [5, 5.41) is 16.7. The minimum atomic E-state index is -1.05. The molecule has 0 amide bonds. The Hall–Kier alpha value is -2.70. The molecule has 1 aliphatic carbocycles. The van der Waals surface area contributed by atoms with E-state index in [-0.39, 0.29) is 11.4 Å². The quantitative estimate of drug-likeness (QED) is 0.884. The number of anilines is 2. The number of pyridine rings is 1. The average Bonchev–Trinajstić information content (AvgIpc) is 2.87. The van der Waals surface area contributed by atoms with Crippen molar-refractivity contribution in [2.45, 2.75) is 32.7 Å². The van der Waals surface area contributed by atoms with Crippen LogP contribution in [0.3, 0.4) is 0 Å². The maximum atomic E-state index is 14.2. The molecule has 0 atom stereocenters. The Morgan fingerprint density at radius 1 is 1.52 bits per heavy atom. The summed E-state index contributed by atoms with van der Waals surface area (Å²) in [6.45, 7) is 2.60. The Morgan fingerprint density at radius 2 is 2.35 bits per heavy atom. The van der Waals surface area contributed by atoms with Crippen LogP contribution in [0.25, 0.3) is 5.83 Å². The lowest BCUT2D eigenvalue weighted by molar-refractivity contribution is 0.0698. The molecule has 6 nitrogen and oxygen atoms in total. The number of carboxylic acids is 1. The molecule has 0 saturated carbocycles. The molecule has 0 spiro atoms. The van der Waals surface area contributed by atoms with Gasteiger partial charge in [-0.05, 0) is 31.4 Å². The lowest BCUT2D eigenvalue weighted by Gasteiger charge is -2.12. The Labute approximate surface area is 132 Å². The molecule has 120 valence electrons. The van der Waals surface area contributed by atoms with Crippen LogP contribution < -0.4 is 5.32 Å². The van der Waals surface area contributed by atoms with Gasteiger partial charge in [-0.3, -0.25) is 9.67 Å². The minimum absolute atomic E-state index is 0.102. The number of aromatic carboxylic acids is 1. The Morgan fingerprint density at radius 3 is 3.09 bits per heavy atom. The summed E-state index contributed by atoms with van der Waals surface area (Å²) >= 11 is 0. The standard InChI is InChI=1S/C16H17FN4O2/c1-2-8-21-14-11(4-3-5-12(14)17)15(20-21)19-13-9-18-7-6-10(13)16(22)23/h5-7,9H,2-4,8H2,1H3,(H,19,20)(H,22,23). The van der Waals surface area contributed by atoms with Crippen LogP contribution in [-0.2, 0) is 13.0 Å². The zero-order valence-electron chi connectivity index (χ0n) is 12.7. The second kappa shape index (κ2) is 6.20. The molecule has 2 aromatic rings. The number of allylic oxidation sites excluding steroid dienone is 1. The normalized spacial score (nSPS) is 13.4. The van der Waals surface area contributed by atoms with E-state index in [1.165, 1.54) is 18.5 Å². The van der Waals surface area contributed by atoms with Crippen molar-refractivity contribution in [2.24, 2.45) is 0 Å². The van der Waals surface area contributed by atoms with Gasteiger partial charge in [0.15, 0.2) is 5.82 Å². The average molecular weight is 316 g/mol. The summed E-state index contributed by atoms with van der Waals surface area (Å²) in [4.78, 5) is 15.2. The fraction of sp³-hybridized carbons (Fsp3) is 0.312. The van der Waals surface area contributed by atoms with Gasteiger partial charge in [0.2, 0.25) is 0 Å². The van der Waals surface area contributed by atoms with E-state index in [1.807, 2.05) is 6.92 Å². The molecule has 0 radical (unpaired) electrons. The van der Waals surface area contributed by atoms with Crippen LogP contribution in [0.4, 0.5) is 15.9 Å². The maximum absolute atomic E-state index is 14.2. The van der Waals surface area contributed by atoms with Crippen LogP contribution >= 0.6 is 0 Å². The number of hydrogen-bond donors (Lipinski definition) is 2. The van der Waals surface area contributed by atoms with Crippen molar-refractivity contribution < 1.29 is 14.3 Å². The van der Waals surface area contributed by atoms with E-state index in [0.717, 1.165) is 12.0 Å².